The Balaban J connectivity index is 1.32. The molecular formula is C25H28N6O. The molecule has 1 aliphatic heterocycles. The highest BCUT2D eigenvalue weighted by atomic mass is 16.5. The molecular weight excluding hydrogens is 400 g/mol. The number of anilines is 1. The average Bonchev–Trinajstić information content (AvgIpc) is 3.18. The molecule has 164 valence electrons. The predicted molar refractivity (Wildman–Crippen MR) is 126 cm³/mol. The van der Waals surface area contributed by atoms with Crippen LogP contribution < -0.4 is 5.73 Å². The number of hydrogen-bond acceptors (Lipinski definition) is 6. The Hall–Kier alpha value is -3.29. The van der Waals surface area contributed by atoms with E-state index in [1.165, 1.54) is 5.52 Å². The van der Waals surface area contributed by atoms with Crippen LogP contribution in [0.3, 0.4) is 0 Å². The monoisotopic (exact) mass is 428 g/mol. The summed E-state index contributed by atoms with van der Waals surface area (Å²) in [7, 11) is 0. The van der Waals surface area contributed by atoms with Crippen molar-refractivity contribution in [3.8, 4) is 11.1 Å². The molecule has 1 saturated heterocycles. The van der Waals surface area contributed by atoms with Crippen LogP contribution in [0.4, 0.5) is 5.82 Å². The molecule has 7 heteroatoms. The van der Waals surface area contributed by atoms with Crippen LogP contribution in [0, 0.1) is 0 Å². The van der Waals surface area contributed by atoms with Crippen LogP contribution in [-0.2, 0) is 11.3 Å². The maximum absolute atomic E-state index is 6.07. The first-order valence-corrected chi connectivity index (χ1v) is 11.1. The molecule has 0 aliphatic carbocycles. The number of ether oxygens (including phenoxy) is 1. The zero-order valence-corrected chi connectivity index (χ0v) is 18.5. The number of nitrogens with zero attached hydrogens (tertiary/aromatic N) is 5. The van der Waals surface area contributed by atoms with E-state index >= 15 is 0 Å². The van der Waals surface area contributed by atoms with Crippen LogP contribution >= 0.6 is 0 Å². The Morgan fingerprint density at radius 3 is 2.53 bits per heavy atom. The summed E-state index contributed by atoms with van der Waals surface area (Å²) in [4.78, 5) is 16.2. The third kappa shape index (κ3) is 4.09. The SMILES string of the molecule is CC(C)n1c(CN2CCO[C@H](c3ccc(-c4ccc(N)nc4)cn3)C2)nc2ccccc21. The zero-order chi connectivity index (χ0) is 22.1. The van der Waals surface area contributed by atoms with Gasteiger partial charge in [-0.15, -0.1) is 0 Å². The van der Waals surface area contributed by atoms with Gasteiger partial charge in [-0.1, -0.05) is 18.2 Å². The van der Waals surface area contributed by atoms with Crippen molar-refractivity contribution in [2.24, 2.45) is 0 Å². The summed E-state index contributed by atoms with van der Waals surface area (Å²) < 4.78 is 8.41. The molecule has 0 amide bonds. The fraction of sp³-hybridized carbons (Fsp3) is 0.320. The summed E-state index contributed by atoms with van der Waals surface area (Å²) in [6.45, 7) is 7.56. The van der Waals surface area contributed by atoms with Crippen molar-refractivity contribution in [1.29, 1.82) is 0 Å². The molecule has 0 saturated carbocycles. The van der Waals surface area contributed by atoms with Crippen molar-refractivity contribution in [3.05, 3.63) is 72.4 Å². The number of morpholine rings is 1. The minimum Gasteiger partial charge on any atom is -0.384 e. The van der Waals surface area contributed by atoms with Gasteiger partial charge < -0.3 is 15.0 Å². The second-order valence-electron chi connectivity index (χ2n) is 8.52. The zero-order valence-electron chi connectivity index (χ0n) is 18.5. The molecule has 3 aromatic heterocycles. The molecule has 1 aromatic carbocycles. The van der Waals surface area contributed by atoms with Crippen LogP contribution in [0.25, 0.3) is 22.2 Å². The summed E-state index contributed by atoms with van der Waals surface area (Å²) in [5, 5.41) is 0. The first-order valence-electron chi connectivity index (χ1n) is 11.1. The topological polar surface area (TPSA) is 82.1 Å². The largest absolute Gasteiger partial charge is 0.384 e. The Morgan fingerprint density at radius 1 is 1.03 bits per heavy atom. The maximum Gasteiger partial charge on any atom is 0.124 e. The molecule has 4 heterocycles. The van der Waals surface area contributed by atoms with Gasteiger partial charge in [0, 0.05) is 42.7 Å². The van der Waals surface area contributed by atoms with Crippen molar-refractivity contribution in [3.63, 3.8) is 0 Å². The number of nitrogen functional groups attached to an aromatic ring is 1. The molecule has 5 rings (SSSR count). The molecule has 1 atom stereocenters. The Morgan fingerprint density at radius 2 is 1.81 bits per heavy atom. The van der Waals surface area contributed by atoms with Gasteiger partial charge in [0.2, 0.25) is 0 Å². The molecule has 0 spiro atoms. The molecule has 0 unspecified atom stereocenters. The summed E-state index contributed by atoms with van der Waals surface area (Å²) >= 11 is 0. The van der Waals surface area contributed by atoms with E-state index in [9.17, 15) is 0 Å². The van der Waals surface area contributed by atoms with E-state index < -0.39 is 0 Å². The van der Waals surface area contributed by atoms with E-state index in [1.807, 2.05) is 24.4 Å². The number of pyridine rings is 2. The molecule has 32 heavy (non-hydrogen) atoms. The standard InChI is InChI=1S/C25H28N6O/c1-17(2)31-22-6-4-3-5-20(22)29-25(31)16-30-11-12-32-23(15-30)21-9-7-18(13-27-21)19-8-10-24(26)28-14-19/h3-10,13-14,17,23H,11-12,15-16H2,1-2H3,(H2,26,28)/t23-/m0/s1. The van der Waals surface area contributed by atoms with E-state index in [0.29, 0.717) is 18.5 Å². The molecule has 0 radical (unpaired) electrons. The van der Waals surface area contributed by atoms with E-state index in [1.54, 1.807) is 12.3 Å². The van der Waals surface area contributed by atoms with Gasteiger partial charge in [0.25, 0.3) is 0 Å². The number of hydrogen-bond donors (Lipinski definition) is 1. The Bertz CT molecular complexity index is 1200. The Labute approximate surface area is 187 Å². The predicted octanol–water partition coefficient (Wildman–Crippen LogP) is 4.23. The molecule has 7 nitrogen and oxygen atoms in total. The van der Waals surface area contributed by atoms with Crippen molar-refractivity contribution >= 4 is 16.9 Å². The van der Waals surface area contributed by atoms with Crippen molar-refractivity contribution in [2.45, 2.75) is 32.5 Å². The number of imidazole rings is 1. The van der Waals surface area contributed by atoms with Crippen LogP contribution in [0.5, 0.6) is 0 Å². The van der Waals surface area contributed by atoms with E-state index in [4.69, 9.17) is 20.4 Å². The smallest absolute Gasteiger partial charge is 0.124 e. The third-order valence-electron chi connectivity index (χ3n) is 5.94. The van der Waals surface area contributed by atoms with Gasteiger partial charge in [-0.25, -0.2) is 9.97 Å². The minimum atomic E-state index is -0.0563. The second kappa shape index (κ2) is 8.68. The van der Waals surface area contributed by atoms with Gasteiger partial charge in [-0.2, -0.15) is 0 Å². The average molecular weight is 429 g/mol. The minimum absolute atomic E-state index is 0.0563. The lowest BCUT2D eigenvalue weighted by atomic mass is 10.1. The molecule has 0 bridgehead atoms. The number of rotatable bonds is 5. The van der Waals surface area contributed by atoms with Crippen LogP contribution in [0.15, 0.2) is 60.9 Å². The van der Waals surface area contributed by atoms with E-state index in [2.05, 4.69) is 52.6 Å². The molecule has 4 aromatic rings. The first kappa shape index (κ1) is 20.6. The fourth-order valence-electron chi connectivity index (χ4n) is 4.35. The quantitative estimate of drug-likeness (QED) is 0.512. The van der Waals surface area contributed by atoms with Crippen molar-refractivity contribution in [2.75, 3.05) is 25.4 Å². The van der Waals surface area contributed by atoms with Crippen LogP contribution in [0.2, 0.25) is 0 Å². The van der Waals surface area contributed by atoms with E-state index in [-0.39, 0.29) is 6.10 Å². The lowest BCUT2D eigenvalue weighted by molar-refractivity contribution is -0.0360. The highest BCUT2D eigenvalue weighted by Crippen LogP contribution is 2.26. The third-order valence-corrected chi connectivity index (χ3v) is 5.94. The lowest BCUT2D eigenvalue weighted by Crippen LogP contribution is -2.38. The number of aromatic nitrogens is 4. The maximum atomic E-state index is 6.07. The fourth-order valence-corrected chi connectivity index (χ4v) is 4.35. The number of benzene rings is 1. The molecule has 1 aliphatic rings. The van der Waals surface area contributed by atoms with Crippen LogP contribution in [-0.4, -0.2) is 44.1 Å². The number of fused-ring (bicyclic) bond motifs is 1. The van der Waals surface area contributed by atoms with Gasteiger partial charge in [0.1, 0.15) is 17.7 Å². The van der Waals surface area contributed by atoms with Crippen LogP contribution in [0.1, 0.15) is 37.5 Å². The van der Waals surface area contributed by atoms with Crippen molar-refractivity contribution < 1.29 is 4.74 Å². The Kier molecular flexibility index (Phi) is 5.59. The lowest BCUT2D eigenvalue weighted by Gasteiger charge is -2.32. The van der Waals surface area contributed by atoms with Gasteiger partial charge in [0.05, 0.1) is 29.9 Å². The first-order chi connectivity index (χ1) is 15.6. The normalized spacial score (nSPS) is 17.3. The van der Waals surface area contributed by atoms with Gasteiger partial charge >= 0.3 is 0 Å². The summed E-state index contributed by atoms with van der Waals surface area (Å²) in [5.41, 5.74) is 10.9. The number of nitrogens with two attached hydrogens (primary N) is 1. The van der Waals surface area contributed by atoms with Gasteiger partial charge in [-0.3, -0.25) is 9.88 Å². The summed E-state index contributed by atoms with van der Waals surface area (Å²) in [6, 6.07) is 16.6. The second-order valence-corrected chi connectivity index (χ2v) is 8.52. The summed E-state index contributed by atoms with van der Waals surface area (Å²) in [5.74, 6) is 1.61. The molecule has 1 fully saturated rings. The van der Waals surface area contributed by atoms with E-state index in [0.717, 1.165) is 47.8 Å². The molecule has 2 N–H and O–H groups in total. The number of para-hydroxylation sites is 2. The van der Waals surface area contributed by atoms with Gasteiger partial charge in [0.15, 0.2) is 0 Å². The van der Waals surface area contributed by atoms with Crippen molar-refractivity contribution in [1.82, 2.24) is 24.4 Å². The summed E-state index contributed by atoms with van der Waals surface area (Å²) in [6.07, 6.45) is 3.59. The highest BCUT2D eigenvalue weighted by molar-refractivity contribution is 5.76. The van der Waals surface area contributed by atoms with Gasteiger partial charge in [-0.05, 0) is 44.2 Å². The highest BCUT2D eigenvalue weighted by Gasteiger charge is 2.25.